The Morgan fingerprint density at radius 2 is 1.71 bits per heavy atom. The van der Waals surface area contributed by atoms with E-state index in [1.165, 1.54) is 44.6 Å². The van der Waals surface area contributed by atoms with E-state index in [2.05, 4.69) is 15.9 Å². The molecule has 2 aromatic carbocycles. The lowest BCUT2D eigenvalue weighted by Crippen LogP contribution is -2.06. The SMILES string of the molecule is COc1cc(Cl)c(C(=O)c2cc(Br)ccc2F)cc1OC. The molecule has 3 nitrogen and oxygen atoms in total. The molecule has 0 aliphatic carbocycles. The largest absolute Gasteiger partial charge is 0.493 e. The second-order valence-electron chi connectivity index (χ2n) is 4.14. The lowest BCUT2D eigenvalue weighted by atomic mass is 10.0. The van der Waals surface area contributed by atoms with E-state index in [9.17, 15) is 9.18 Å². The highest BCUT2D eigenvalue weighted by molar-refractivity contribution is 9.10. The standard InChI is InChI=1S/C15H11BrClFO3/c1-20-13-6-9(11(17)7-14(13)21-2)15(19)10-5-8(16)3-4-12(10)18/h3-7H,1-2H3. The molecule has 0 amide bonds. The van der Waals surface area contributed by atoms with Gasteiger partial charge in [0.05, 0.1) is 24.8 Å². The molecular formula is C15H11BrClFO3. The number of hydrogen-bond acceptors (Lipinski definition) is 3. The van der Waals surface area contributed by atoms with Gasteiger partial charge in [-0.2, -0.15) is 0 Å². The molecule has 0 aliphatic heterocycles. The number of halogens is 3. The fraction of sp³-hybridized carbons (Fsp3) is 0.133. The van der Waals surface area contributed by atoms with E-state index in [0.717, 1.165) is 0 Å². The Labute approximate surface area is 134 Å². The first kappa shape index (κ1) is 15.8. The van der Waals surface area contributed by atoms with E-state index in [0.29, 0.717) is 16.0 Å². The van der Waals surface area contributed by atoms with Crippen LogP contribution in [0.1, 0.15) is 15.9 Å². The van der Waals surface area contributed by atoms with Crippen LogP contribution in [0.3, 0.4) is 0 Å². The van der Waals surface area contributed by atoms with E-state index < -0.39 is 11.6 Å². The van der Waals surface area contributed by atoms with Crippen LogP contribution in [0.5, 0.6) is 11.5 Å². The number of carbonyl (C=O) groups excluding carboxylic acids is 1. The number of carbonyl (C=O) groups is 1. The molecule has 2 rings (SSSR count). The fourth-order valence-electron chi connectivity index (χ4n) is 1.84. The maximum absolute atomic E-state index is 13.8. The molecule has 2 aromatic rings. The lowest BCUT2D eigenvalue weighted by Gasteiger charge is -2.11. The molecule has 0 atom stereocenters. The van der Waals surface area contributed by atoms with Gasteiger partial charge >= 0.3 is 0 Å². The van der Waals surface area contributed by atoms with Crippen LogP contribution in [0, 0.1) is 5.82 Å². The Balaban J connectivity index is 2.55. The minimum Gasteiger partial charge on any atom is -0.493 e. The summed E-state index contributed by atoms with van der Waals surface area (Å²) in [5.41, 5.74) is 0.0739. The van der Waals surface area contributed by atoms with E-state index >= 15 is 0 Å². The number of benzene rings is 2. The zero-order valence-corrected chi connectivity index (χ0v) is 13.6. The minimum absolute atomic E-state index is 0.0708. The Kier molecular flexibility index (Phi) is 4.85. The third-order valence-electron chi connectivity index (χ3n) is 2.89. The summed E-state index contributed by atoms with van der Waals surface area (Å²) in [4.78, 5) is 12.5. The number of ketones is 1. The summed E-state index contributed by atoms with van der Waals surface area (Å²) in [6.45, 7) is 0. The van der Waals surface area contributed by atoms with Crippen LogP contribution < -0.4 is 9.47 Å². The van der Waals surface area contributed by atoms with Gasteiger partial charge in [-0.1, -0.05) is 27.5 Å². The molecule has 21 heavy (non-hydrogen) atoms. The van der Waals surface area contributed by atoms with E-state index in [-0.39, 0.29) is 16.1 Å². The van der Waals surface area contributed by atoms with Crippen LogP contribution in [0.2, 0.25) is 5.02 Å². The molecule has 0 aromatic heterocycles. The first-order chi connectivity index (χ1) is 9.97. The van der Waals surface area contributed by atoms with Crippen molar-refractivity contribution < 1.29 is 18.7 Å². The van der Waals surface area contributed by atoms with Crippen molar-refractivity contribution in [2.24, 2.45) is 0 Å². The molecule has 0 unspecified atom stereocenters. The van der Waals surface area contributed by atoms with Gasteiger partial charge in [0.15, 0.2) is 17.3 Å². The average Bonchev–Trinajstić information content (AvgIpc) is 2.48. The summed E-state index contributed by atoms with van der Waals surface area (Å²) >= 11 is 9.29. The van der Waals surface area contributed by atoms with Gasteiger partial charge in [0.1, 0.15) is 5.82 Å². The summed E-state index contributed by atoms with van der Waals surface area (Å²) in [5.74, 6) is -0.400. The van der Waals surface area contributed by atoms with Crippen LogP contribution in [-0.2, 0) is 0 Å². The summed E-state index contributed by atoms with van der Waals surface area (Å²) in [6.07, 6.45) is 0. The van der Waals surface area contributed by atoms with Gasteiger partial charge in [-0.25, -0.2) is 4.39 Å². The van der Waals surface area contributed by atoms with Crippen molar-refractivity contribution in [3.05, 3.63) is 56.8 Å². The predicted molar refractivity (Wildman–Crippen MR) is 82.1 cm³/mol. The molecule has 0 aliphatic rings. The third kappa shape index (κ3) is 3.19. The van der Waals surface area contributed by atoms with Crippen LogP contribution >= 0.6 is 27.5 Å². The van der Waals surface area contributed by atoms with Gasteiger partial charge in [-0.05, 0) is 24.3 Å². The average molecular weight is 374 g/mol. The zero-order chi connectivity index (χ0) is 15.6. The lowest BCUT2D eigenvalue weighted by molar-refractivity contribution is 0.103. The van der Waals surface area contributed by atoms with Crippen molar-refractivity contribution >= 4 is 33.3 Å². The number of methoxy groups -OCH3 is 2. The first-order valence-electron chi connectivity index (χ1n) is 5.89. The molecule has 0 spiro atoms. The second-order valence-corrected chi connectivity index (χ2v) is 5.46. The molecule has 6 heteroatoms. The highest BCUT2D eigenvalue weighted by Gasteiger charge is 2.20. The van der Waals surface area contributed by atoms with Crippen molar-refractivity contribution in [3.8, 4) is 11.5 Å². The summed E-state index contributed by atoms with van der Waals surface area (Å²) in [5, 5.41) is 0.164. The first-order valence-corrected chi connectivity index (χ1v) is 7.06. The van der Waals surface area contributed by atoms with Gasteiger partial charge in [-0.3, -0.25) is 4.79 Å². The van der Waals surface area contributed by atoms with Crippen molar-refractivity contribution in [1.82, 2.24) is 0 Å². The van der Waals surface area contributed by atoms with Crippen molar-refractivity contribution in [3.63, 3.8) is 0 Å². The van der Waals surface area contributed by atoms with E-state index in [4.69, 9.17) is 21.1 Å². The van der Waals surface area contributed by atoms with E-state index in [1.54, 1.807) is 0 Å². The van der Waals surface area contributed by atoms with Crippen LogP contribution in [-0.4, -0.2) is 20.0 Å². The normalized spacial score (nSPS) is 10.3. The topological polar surface area (TPSA) is 35.5 Å². The molecule has 0 fully saturated rings. The minimum atomic E-state index is -0.617. The molecule has 0 heterocycles. The van der Waals surface area contributed by atoms with Crippen molar-refractivity contribution in [2.75, 3.05) is 14.2 Å². The number of ether oxygens (including phenoxy) is 2. The van der Waals surface area contributed by atoms with Gasteiger partial charge in [0, 0.05) is 16.1 Å². The molecule has 0 saturated carbocycles. The quantitative estimate of drug-likeness (QED) is 0.741. The third-order valence-corrected chi connectivity index (χ3v) is 3.70. The smallest absolute Gasteiger partial charge is 0.197 e. The van der Waals surface area contributed by atoms with Gasteiger partial charge < -0.3 is 9.47 Å². The number of hydrogen-bond donors (Lipinski definition) is 0. The molecule has 0 radical (unpaired) electrons. The highest BCUT2D eigenvalue weighted by Crippen LogP contribution is 2.34. The van der Waals surface area contributed by atoms with Crippen LogP contribution in [0.4, 0.5) is 4.39 Å². The van der Waals surface area contributed by atoms with Gasteiger partial charge in [0.25, 0.3) is 0 Å². The highest BCUT2D eigenvalue weighted by atomic mass is 79.9. The van der Waals surface area contributed by atoms with Crippen LogP contribution in [0.15, 0.2) is 34.8 Å². The maximum atomic E-state index is 13.8. The van der Waals surface area contributed by atoms with E-state index in [1.807, 2.05) is 0 Å². The molecular weight excluding hydrogens is 363 g/mol. The summed E-state index contributed by atoms with van der Waals surface area (Å²) in [7, 11) is 2.91. The Morgan fingerprint density at radius 3 is 2.33 bits per heavy atom. The predicted octanol–water partition coefficient (Wildman–Crippen LogP) is 4.49. The fourth-order valence-corrected chi connectivity index (χ4v) is 2.45. The molecule has 0 N–H and O–H groups in total. The maximum Gasteiger partial charge on any atom is 0.197 e. The summed E-state index contributed by atoms with van der Waals surface area (Å²) in [6, 6.07) is 7.03. The Morgan fingerprint density at radius 1 is 1.10 bits per heavy atom. The number of rotatable bonds is 4. The second kappa shape index (κ2) is 6.45. The van der Waals surface area contributed by atoms with Crippen LogP contribution in [0.25, 0.3) is 0 Å². The molecule has 110 valence electrons. The Bertz CT molecular complexity index is 704. The monoisotopic (exact) mass is 372 g/mol. The van der Waals surface area contributed by atoms with Gasteiger partial charge in [-0.15, -0.1) is 0 Å². The van der Waals surface area contributed by atoms with Crippen molar-refractivity contribution in [1.29, 1.82) is 0 Å². The van der Waals surface area contributed by atoms with Crippen molar-refractivity contribution in [2.45, 2.75) is 0 Å². The van der Waals surface area contributed by atoms with Gasteiger partial charge in [0.2, 0.25) is 0 Å². The summed E-state index contributed by atoms with van der Waals surface area (Å²) < 4.78 is 24.7. The molecule has 0 bridgehead atoms. The zero-order valence-electron chi connectivity index (χ0n) is 11.2. The Hall–Kier alpha value is -1.59. The molecule has 0 saturated heterocycles.